The molecule has 4 heteroatoms. The molecule has 1 rings (SSSR count). The van der Waals surface area contributed by atoms with Crippen molar-refractivity contribution in [1.29, 1.82) is 0 Å². The van der Waals surface area contributed by atoms with Crippen molar-refractivity contribution in [2.45, 2.75) is 19.8 Å². The van der Waals surface area contributed by atoms with Crippen molar-refractivity contribution in [3.8, 4) is 0 Å². The molecule has 1 heterocycles. The molecule has 0 aliphatic carbocycles. The largest absolute Gasteiger partial charge is 0.550 e. The smallest absolute Gasteiger partial charge is 0.219 e. The molecule has 1 saturated heterocycles. The summed E-state index contributed by atoms with van der Waals surface area (Å²) in [5.74, 6) is -1.57. The number of hydrogen-bond acceptors (Lipinski definition) is 3. The van der Waals surface area contributed by atoms with Gasteiger partial charge >= 0.3 is 0 Å². The number of piperidine rings is 1. The molecule has 0 radical (unpaired) electrons. The number of rotatable bonds is 1. The Hall–Kier alpha value is -1.06. The highest BCUT2D eigenvalue weighted by Gasteiger charge is 2.21. The summed E-state index contributed by atoms with van der Waals surface area (Å²) >= 11 is 0. The predicted molar refractivity (Wildman–Crippen MR) is 40.0 cm³/mol. The van der Waals surface area contributed by atoms with Gasteiger partial charge in [0.05, 0.1) is 0 Å². The van der Waals surface area contributed by atoms with Crippen molar-refractivity contribution in [2.24, 2.45) is 5.92 Å². The van der Waals surface area contributed by atoms with Crippen LogP contribution in [-0.2, 0) is 9.59 Å². The summed E-state index contributed by atoms with van der Waals surface area (Å²) < 4.78 is 0. The number of amides is 1. The number of aliphatic carboxylic acids is 1. The van der Waals surface area contributed by atoms with E-state index in [0.29, 0.717) is 19.5 Å². The minimum atomic E-state index is -1.04. The topological polar surface area (TPSA) is 60.4 Å². The zero-order valence-corrected chi connectivity index (χ0v) is 7.08. The molecule has 4 nitrogen and oxygen atoms in total. The molecular weight excluding hydrogens is 158 g/mol. The molecular formula is C8H12NO3-. The van der Waals surface area contributed by atoms with Gasteiger partial charge in [-0.15, -0.1) is 0 Å². The highest BCUT2D eigenvalue weighted by Crippen LogP contribution is 2.15. The van der Waals surface area contributed by atoms with E-state index in [0.717, 1.165) is 6.42 Å². The number of likely N-dealkylation sites (tertiary alicyclic amines) is 1. The lowest BCUT2D eigenvalue weighted by Gasteiger charge is -2.32. The normalized spacial score (nSPS) is 23.8. The maximum Gasteiger partial charge on any atom is 0.219 e. The second-order valence-corrected chi connectivity index (χ2v) is 3.12. The van der Waals surface area contributed by atoms with Crippen LogP contribution in [0.15, 0.2) is 0 Å². The first-order chi connectivity index (χ1) is 5.61. The summed E-state index contributed by atoms with van der Waals surface area (Å²) in [6.07, 6.45) is 1.39. The minimum Gasteiger partial charge on any atom is -0.550 e. The van der Waals surface area contributed by atoms with Crippen LogP contribution in [0.3, 0.4) is 0 Å². The number of carboxylic acid groups (broad SMARTS) is 1. The van der Waals surface area contributed by atoms with Crippen LogP contribution in [0, 0.1) is 5.92 Å². The Bertz CT molecular complexity index is 182. The SMILES string of the molecule is CC(=O)N1CCC[C@@H](C(=O)[O-])C1. The van der Waals surface area contributed by atoms with E-state index in [2.05, 4.69) is 0 Å². The molecule has 1 fully saturated rings. The number of carboxylic acids is 1. The van der Waals surface area contributed by atoms with Crippen LogP contribution < -0.4 is 5.11 Å². The summed E-state index contributed by atoms with van der Waals surface area (Å²) in [5.41, 5.74) is 0. The average molecular weight is 170 g/mol. The fourth-order valence-corrected chi connectivity index (χ4v) is 1.46. The van der Waals surface area contributed by atoms with Gasteiger partial charge in [-0.1, -0.05) is 0 Å². The van der Waals surface area contributed by atoms with E-state index in [1.54, 1.807) is 4.90 Å². The van der Waals surface area contributed by atoms with Crippen molar-refractivity contribution in [3.05, 3.63) is 0 Å². The molecule has 1 atom stereocenters. The summed E-state index contributed by atoms with van der Waals surface area (Å²) in [5, 5.41) is 10.5. The first kappa shape index (κ1) is 9.03. The average Bonchev–Trinajstić information content (AvgIpc) is 2.04. The number of carbonyl (C=O) groups is 2. The van der Waals surface area contributed by atoms with Gasteiger partial charge in [0.25, 0.3) is 0 Å². The summed E-state index contributed by atoms with van der Waals surface area (Å²) in [7, 11) is 0. The van der Waals surface area contributed by atoms with E-state index in [9.17, 15) is 14.7 Å². The Kier molecular flexibility index (Phi) is 2.68. The second-order valence-electron chi connectivity index (χ2n) is 3.12. The van der Waals surface area contributed by atoms with Gasteiger partial charge in [0.2, 0.25) is 5.91 Å². The third-order valence-electron chi connectivity index (χ3n) is 2.20. The van der Waals surface area contributed by atoms with Gasteiger partial charge in [0, 0.05) is 31.9 Å². The zero-order valence-electron chi connectivity index (χ0n) is 7.08. The predicted octanol–water partition coefficient (Wildman–Crippen LogP) is -1.01. The molecule has 0 aromatic heterocycles. The van der Waals surface area contributed by atoms with Crippen LogP contribution in [0.1, 0.15) is 19.8 Å². The van der Waals surface area contributed by atoms with Crippen molar-refractivity contribution in [2.75, 3.05) is 13.1 Å². The number of nitrogens with zero attached hydrogens (tertiary/aromatic N) is 1. The molecule has 0 unspecified atom stereocenters. The first-order valence-corrected chi connectivity index (χ1v) is 4.07. The van der Waals surface area contributed by atoms with Gasteiger partial charge in [-0.25, -0.2) is 0 Å². The molecule has 1 aliphatic heterocycles. The summed E-state index contributed by atoms with van der Waals surface area (Å²) in [4.78, 5) is 22.9. The second kappa shape index (κ2) is 3.56. The Morgan fingerprint density at radius 1 is 1.50 bits per heavy atom. The van der Waals surface area contributed by atoms with Crippen LogP contribution in [0.25, 0.3) is 0 Å². The summed E-state index contributed by atoms with van der Waals surface area (Å²) in [6.45, 7) is 2.45. The fourth-order valence-electron chi connectivity index (χ4n) is 1.46. The maximum atomic E-state index is 10.9. The van der Waals surface area contributed by atoms with Crippen molar-refractivity contribution >= 4 is 11.9 Å². The van der Waals surface area contributed by atoms with Crippen molar-refractivity contribution in [1.82, 2.24) is 4.90 Å². The number of carbonyl (C=O) groups excluding carboxylic acids is 2. The van der Waals surface area contributed by atoms with Crippen LogP contribution in [0.2, 0.25) is 0 Å². The molecule has 1 amide bonds. The zero-order chi connectivity index (χ0) is 9.14. The standard InChI is InChI=1S/C8H13NO3/c1-6(10)9-4-2-3-7(5-9)8(11)12/h7H,2-5H2,1H3,(H,11,12)/p-1/t7-/m1/s1. The van der Waals surface area contributed by atoms with E-state index in [4.69, 9.17) is 0 Å². The van der Waals surface area contributed by atoms with E-state index >= 15 is 0 Å². The van der Waals surface area contributed by atoms with Gasteiger partial charge in [-0.3, -0.25) is 4.79 Å². The molecule has 1 aliphatic rings. The number of hydrogen-bond donors (Lipinski definition) is 0. The molecule has 0 N–H and O–H groups in total. The Labute approximate surface area is 71.2 Å². The quantitative estimate of drug-likeness (QED) is 0.507. The molecule has 0 saturated carbocycles. The van der Waals surface area contributed by atoms with Gasteiger partial charge in [0.15, 0.2) is 0 Å². The Morgan fingerprint density at radius 2 is 2.17 bits per heavy atom. The monoisotopic (exact) mass is 170 g/mol. The van der Waals surface area contributed by atoms with Crippen LogP contribution in [0.5, 0.6) is 0 Å². The van der Waals surface area contributed by atoms with E-state index < -0.39 is 11.9 Å². The lowest BCUT2D eigenvalue weighted by atomic mass is 9.98. The first-order valence-electron chi connectivity index (χ1n) is 4.07. The third kappa shape index (κ3) is 1.96. The summed E-state index contributed by atoms with van der Waals surface area (Å²) in [6, 6.07) is 0. The van der Waals surface area contributed by atoms with Gasteiger partial charge in [-0.05, 0) is 12.8 Å². The molecule has 0 aromatic carbocycles. The fraction of sp³-hybridized carbons (Fsp3) is 0.750. The maximum absolute atomic E-state index is 10.9. The minimum absolute atomic E-state index is 0.0547. The highest BCUT2D eigenvalue weighted by molar-refractivity contribution is 5.75. The molecule has 0 bridgehead atoms. The lowest BCUT2D eigenvalue weighted by molar-refractivity contribution is -0.312. The molecule has 68 valence electrons. The van der Waals surface area contributed by atoms with Gasteiger partial charge in [0.1, 0.15) is 0 Å². The van der Waals surface area contributed by atoms with Gasteiger partial charge < -0.3 is 14.8 Å². The Balaban J connectivity index is 2.51. The van der Waals surface area contributed by atoms with E-state index in [1.807, 2.05) is 0 Å². The van der Waals surface area contributed by atoms with Crippen LogP contribution >= 0.6 is 0 Å². The highest BCUT2D eigenvalue weighted by atomic mass is 16.4. The van der Waals surface area contributed by atoms with Crippen molar-refractivity contribution in [3.63, 3.8) is 0 Å². The third-order valence-corrected chi connectivity index (χ3v) is 2.20. The molecule has 0 spiro atoms. The van der Waals surface area contributed by atoms with E-state index in [-0.39, 0.29) is 5.91 Å². The molecule has 12 heavy (non-hydrogen) atoms. The molecule has 0 aromatic rings. The Morgan fingerprint density at radius 3 is 2.67 bits per heavy atom. The van der Waals surface area contributed by atoms with Crippen molar-refractivity contribution < 1.29 is 14.7 Å². The van der Waals surface area contributed by atoms with Crippen LogP contribution in [0.4, 0.5) is 0 Å². The van der Waals surface area contributed by atoms with Crippen LogP contribution in [-0.4, -0.2) is 29.9 Å². The van der Waals surface area contributed by atoms with E-state index in [1.165, 1.54) is 6.92 Å². The van der Waals surface area contributed by atoms with Gasteiger partial charge in [-0.2, -0.15) is 0 Å². The lowest BCUT2D eigenvalue weighted by Crippen LogP contribution is -2.45.